The molecule has 1 aromatic carbocycles. The molecule has 0 aliphatic carbocycles. The summed E-state index contributed by atoms with van der Waals surface area (Å²) in [5, 5.41) is 14.5. The van der Waals surface area contributed by atoms with E-state index in [9.17, 15) is 10.1 Å². The fourth-order valence-electron chi connectivity index (χ4n) is 2.19. The number of aromatic nitrogens is 2. The normalized spacial score (nSPS) is 11.6. The van der Waals surface area contributed by atoms with Crippen molar-refractivity contribution in [2.45, 2.75) is 12.8 Å². The van der Waals surface area contributed by atoms with Gasteiger partial charge in [0.25, 0.3) is 0 Å². The molecule has 0 saturated carbocycles. The number of carbonyl (C=O) groups is 1. The summed E-state index contributed by atoms with van der Waals surface area (Å²) < 4.78 is 0. The fourth-order valence-corrected chi connectivity index (χ4v) is 3.22. The second kappa shape index (κ2) is 7.43. The number of halogens is 1. The Hall–Kier alpha value is -2.75. The van der Waals surface area contributed by atoms with Crippen LogP contribution < -0.4 is 5.32 Å². The Morgan fingerprint density at radius 2 is 2.08 bits per heavy atom. The first kappa shape index (κ1) is 17.1. The van der Waals surface area contributed by atoms with Gasteiger partial charge in [-0.3, -0.25) is 4.79 Å². The summed E-state index contributed by atoms with van der Waals surface area (Å²) in [6, 6.07) is 13.2. The van der Waals surface area contributed by atoms with Gasteiger partial charge in [0.2, 0.25) is 5.91 Å². The molecule has 5 nitrogen and oxygen atoms in total. The first-order valence-electron chi connectivity index (χ1n) is 7.42. The number of nitriles is 1. The molecule has 7 heteroatoms. The quantitative estimate of drug-likeness (QED) is 0.691. The van der Waals surface area contributed by atoms with E-state index < -0.39 is 11.8 Å². The molecule has 0 spiro atoms. The molecule has 1 atom stereocenters. The predicted molar refractivity (Wildman–Crippen MR) is 98.5 cm³/mol. The van der Waals surface area contributed by atoms with Gasteiger partial charge in [-0.15, -0.1) is 11.3 Å². The highest BCUT2D eigenvalue weighted by molar-refractivity contribution is 7.10. The van der Waals surface area contributed by atoms with Crippen molar-refractivity contribution in [3.05, 3.63) is 63.7 Å². The lowest BCUT2D eigenvalue weighted by Gasteiger charge is -2.08. The zero-order valence-corrected chi connectivity index (χ0v) is 14.8. The van der Waals surface area contributed by atoms with E-state index in [2.05, 4.69) is 15.3 Å². The van der Waals surface area contributed by atoms with Gasteiger partial charge < -0.3 is 5.32 Å². The fraction of sp³-hybridized carbons (Fsp3) is 0.111. The van der Waals surface area contributed by atoms with Gasteiger partial charge in [-0.05, 0) is 19.1 Å². The van der Waals surface area contributed by atoms with Gasteiger partial charge in [0.15, 0.2) is 11.1 Å². The molecular weight excluding hydrogens is 356 g/mol. The summed E-state index contributed by atoms with van der Waals surface area (Å²) in [7, 11) is 0. The highest BCUT2D eigenvalue weighted by Crippen LogP contribution is 2.28. The Bertz CT molecular complexity index is 946. The lowest BCUT2D eigenvalue weighted by Crippen LogP contribution is -2.20. The molecule has 25 heavy (non-hydrogen) atoms. The molecule has 124 valence electrons. The van der Waals surface area contributed by atoms with Crippen LogP contribution >= 0.6 is 22.9 Å². The predicted octanol–water partition coefficient (Wildman–Crippen LogP) is 4.41. The first-order chi connectivity index (χ1) is 12.1. The van der Waals surface area contributed by atoms with E-state index in [1.165, 1.54) is 17.5 Å². The average Bonchev–Trinajstić information content (AvgIpc) is 3.08. The van der Waals surface area contributed by atoms with Crippen LogP contribution in [0, 0.1) is 18.3 Å². The number of amides is 1. The number of benzene rings is 1. The molecule has 1 N–H and O–H groups in total. The highest BCUT2D eigenvalue weighted by atomic mass is 35.5. The highest BCUT2D eigenvalue weighted by Gasteiger charge is 2.24. The number of nitrogens with zero attached hydrogens (tertiary/aromatic N) is 3. The van der Waals surface area contributed by atoms with E-state index in [1.807, 2.05) is 42.6 Å². The monoisotopic (exact) mass is 368 g/mol. The molecule has 3 aromatic rings. The van der Waals surface area contributed by atoms with Crippen LogP contribution in [0.1, 0.15) is 16.5 Å². The van der Waals surface area contributed by atoms with Crippen molar-refractivity contribution in [1.82, 2.24) is 9.97 Å². The maximum Gasteiger partial charge on any atom is 0.248 e. The standard InChI is InChI=1S/C18H13ClN4OS/c1-11-4-6-12(7-5-11)15-10-25-18(23-15)13(9-20)17(24)22-14-3-2-8-21-16(14)19/h2-8,10,13H,1H3,(H,22,24)/t13-/m0/s1. The molecule has 0 aliphatic heterocycles. The molecule has 0 fully saturated rings. The number of thiazole rings is 1. The van der Waals surface area contributed by atoms with Crippen LogP contribution in [0.4, 0.5) is 5.69 Å². The van der Waals surface area contributed by atoms with Gasteiger partial charge >= 0.3 is 0 Å². The molecule has 0 radical (unpaired) electrons. The first-order valence-corrected chi connectivity index (χ1v) is 8.67. The molecule has 3 rings (SSSR count). The smallest absolute Gasteiger partial charge is 0.248 e. The summed E-state index contributed by atoms with van der Waals surface area (Å²) >= 11 is 7.22. The Balaban J connectivity index is 1.82. The summed E-state index contributed by atoms with van der Waals surface area (Å²) in [4.78, 5) is 20.8. The molecule has 0 aliphatic rings. The lowest BCUT2D eigenvalue weighted by atomic mass is 10.1. The number of pyridine rings is 1. The second-order valence-corrected chi connectivity index (χ2v) is 6.58. The van der Waals surface area contributed by atoms with E-state index in [0.29, 0.717) is 10.7 Å². The lowest BCUT2D eigenvalue weighted by molar-refractivity contribution is -0.116. The third kappa shape index (κ3) is 3.85. The maximum atomic E-state index is 12.4. The number of nitrogens with one attached hydrogen (secondary N) is 1. The van der Waals surface area contributed by atoms with Gasteiger partial charge in [0.05, 0.1) is 17.5 Å². The van der Waals surface area contributed by atoms with Crippen LogP contribution in [0.5, 0.6) is 0 Å². The Morgan fingerprint density at radius 1 is 1.32 bits per heavy atom. The van der Waals surface area contributed by atoms with Crippen LogP contribution in [0.25, 0.3) is 11.3 Å². The van der Waals surface area contributed by atoms with E-state index in [4.69, 9.17) is 11.6 Å². The Morgan fingerprint density at radius 3 is 2.76 bits per heavy atom. The third-order valence-electron chi connectivity index (χ3n) is 3.52. The summed E-state index contributed by atoms with van der Waals surface area (Å²) in [5.74, 6) is -1.50. The molecule has 2 aromatic heterocycles. The van der Waals surface area contributed by atoms with E-state index in [1.54, 1.807) is 12.1 Å². The van der Waals surface area contributed by atoms with Crippen molar-refractivity contribution in [2.75, 3.05) is 5.32 Å². The van der Waals surface area contributed by atoms with E-state index in [0.717, 1.165) is 16.8 Å². The van der Waals surface area contributed by atoms with Crippen molar-refractivity contribution in [3.63, 3.8) is 0 Å². The minimum atomic E-state index is -1.01. The third-order valence-corrected chi connectivity index (χ3v) is 4.74. The average molecular weight is 369 g/mol. The van der Waals surface area contributed by atoms with Gasteiger partial charge in [0.1, 0.15) is 5.01 Å². The number of carbonyl (C=O) groups excluding carboxylic acids is 1. The van der Waals surface area contributed by atoms with Gasteiger partial charge in [-0.25, -0.2) is 9.97 Å². The van der Waals surface area contributed by atoms with Crippen LogP contribution in [0.2, 0.25) is 5.15 Å². The molecule has 0 unspecified atom stereocenters. The number of hydrogen-bond donors (Lipinski definition) is 1. The largest absolute Gasteiger partial charge is 0.322 e. The topological polar surface area (TPSA) is 78.7 Å². The summed E-state index contributed by atoms with van der Waals surface area (Å²) in [6.45, 7) is 2.01. The van der Waals surface area contributed by atoms with Crippen LogP contribution in [0.15, 0.2) is 48.0 Å². The SMILES string of the molecule is Cc1ccc(-c2csc([C@@H](C#N)C(=O)Nc3cccnc3Cl)n2)cc1. The number of rotatable bonds is 4. The van der Waals surface area contributed by atoms with Gasteiger partial charge in [-0.2, -0.15) is 5.26 Å². The molecule has 2 heterocycles. The van der Waals surface area contributed by atoms with Crippen molar-refractivity contribution in [3.8, 4) is 17.3 Å². The Kier molecular flexibility index (Phi) is 5.08. The maximum absolute atomic E-state index is 12.4. The van der Waals surface area contributed by atoms with E-state index in [-0.39, 0.29) is 5.15 Å². The zero-order chi connectivity index (χ0) is 17.8. The van der Waals surface area contributed by atoms with E-state index >= 15 is 0 Å². The van der Waals surface area contributed by atoms with Crippen LogP contribution in [-0.2, 0) is 4.79 Å². The van der Waals surface area contributed by atoms with Crippen molar-refractivity contribution in [1.29, 1.82) is 5.26 Å². The molecule has 0 bridgehead atoms. The summed E-state index contributed by atoms with van der Waals surface area (Å²) in [5.41, 5.74) is 3.21. The molecule has 1 amide bonds. The second-order valence-electron chi connectivity index (χ2n) is 5.33. The molecular formula is C18H13ClN4OS. The number of anilines is 1. The van der Waals surface area contributed by atoms with Gasteiger partial charge in [0, 0.05) is 17.1 Å². The molecule has 0 saturated heterocycles. The zero-order valence-electron chi connectivity index (χ0n) is 13.2. The number of hydrogen-bond acceptors (Lipinski definition) is 5. The minimum absolute atomic E-state index is 0.173. The van der Waals surface area contributed by atoms with Crippen LogP contribution in [0.3, 0.4) is 0 Å². The van der Waals surface area contributed by atoms with Crippen molar-refractivity contribution >= 4 is 34.5 Å². The van der Waals surface area contributed by atoms with Crippen molar-refractivity contribution < 1.29 is 4.79 Å². The minimum Gasteiger partial charge on any atom is -0.322 e. The van der Waals surface area contributed by atoms with Crippen molar-refractivity contribution in [2.24, 2.45) is 0 Å². The van der Waals surface area contributed by atoms with Gasteiger partial charge in [-0.1, -0.05) is 41.4 Å². The van der Waals surface area contributed by atoms with Crippen LogP contribution in [-0.4, -0.2) is 15.9 Å². The Labute approximate surface area is 153 Å². The number of aryl methyl sites for hydroxylation is 1. The summed E-state index contributed by atoms with van der Waals surface area (Å²) in [6.07, 6.45) is 1.52.